The fraction of sp³-hybridized carbons (Fsp3) is 0.333. The number of anilines is 2. The van der Waals surface area contributed by atoms with Gasteiger partial charge in [-0.3, -0.25) is 0 Å². The van der Waals surface area contributed by atoms with E-state index < -0.39 is 10.0 Å². The van der Waals surface area contributed by atoms with Crippen molar-refractivity contribution in [3.05, 3.63) is 41.6 Å². The highest BCUT2D eigenvalue weighted by molar-refractivity contribution is 7.89. The number of sulfonamides is 1. The fourth-order valence-corrected chi connectivity index (χ4v) is 3.25. The molecule has 9 heteroatoms. The van der Waals surface area contributed by atoms with E-state index in [2.05, 4.69) is 20.2 Å². The van der Waals surface area contributed by atoms with Gasteiger partial charge >= 0.3 is 0 Å². The molecule has 3 rings (SSSR count). The van der Waals surface area contributed by atoms with Crippen molar-refractivity contribution >= 4 is 21.8 Å². The number of nitrogens with one attached hydrogen (secondary N) is 1. The van der Waals surface area contributed by atoms with Crippen molar-refractivity contribution in [2.75, 3.05) is 29.9 Å². The van der Waals surface area contributed by atoms with Crippen LogP contribution in [-0.2, 0) is 23.0 Å². The minimum atomic E-state index is -3.71. The highest BCUT2D eigenvalue weighted by Crippen LogP contribution is 2.25. The van der Waals surface area contributed by atoms with E-state index in [0.29, 0.717) is 19.0 Å². The van der Waals surface area contributed by atoms with Crippen LogP contribution < -0.4 is 15.4 Å². The molecular weight excluding hydrogens is 330 g/mol. The van der Waals surface area contributed by atoms with E-state index in [1.54, 1.807) is 24.4 Å². The molecule has 0 atom stereocenters. The topological polar surface area (TPSA) is 121 Å². The Morgan fingerprint density at radius 2 is 2.12 bits per heavy atom. The summed E-state index contributed by atoms with van der Waals surface area (Å²) >= 11 is 0. The molecule has 4 N–H and O–H groups in total. The standard InChI is InChI=1S/C15H19N5O3S/c16-24(22,23)13-2-1-11-4-7-20(10-12(11)9-13)14-3-5-17-15(19-14)18-6-8-21/h1-3,5,9,21H,4,6-8,10H2,(H2,16,22,23)(H,17,18,19). The first kappa shape index (κ1) is 16.6. The molecule has 0 fully saturated rings. The molecule has 0 radical (unpaired) electrons. The lowest BCUT2D eigenvalue weighted by molar-refractivity contribution is 0.311. The van der Waals surface area contributed by atoms with Crippen molar-refractivity contribution in [2.24, 2.45) is 5.14 Å². The summed E-state index contributed by atoms with van der Waals surface area (Å²) in [4.78, 5) is 10.7. The number of aliphatic hydroxyl groups excluding tert-OH is 1. The van der Waals surface area contributed by atoms with Gasteiger partial charge in [0.2, 0.25) is 16.0 Å². The van der Waals surface area contributed by atoms with Crippen LogP contribution in [0.4, 0.5) is 11.8 Å². The maximum atomic E-state index is 11.5. The molecule has 1 aliphatic rings. The van der Waals surface area contributed by atoms with E-state index in [9.17, 15) is 8.42 Å². The van der Waals surface area contributed by atoms with Crippen molar-refractivity contribution < 1.29 is 13.5 Å². The summed E-state index contributed by atoms with van der Waals surface area (Å²) in [5.74, 6) is 1.20. The molecule has 2 aromatic rings. The zero-order valence-corrected chi connectivity index (χ0v) is 13.8. The van der Waals surface area contributed by atoms with Gasteiger partial charge in [-0.1, -0.05) is 6.07 Å². The van der Waals surface area contributed by atoms with Gasteiger partial charge in [0.25, 0.3) is 0 Å². The number of rotatable bonds is 5. The van der Waals surface area contributed by atoms with Gasteiger partial charge in [-0.25, -0.2) is 18.5 Å². The molecule has 0 amide bonds. The van der Waals surface area contributed by atoms with Crippen LogP contribution in [0.1, 0.15) is 11.1 Å². The average molecular weight is 349 g/mol. The number of fused-ring (bicyclic) bond motifs is 1. The second kappa shape index (κ2) is 6.71. The van der Waals surface area contributed by atoms with Gasteiger partial charge in [0.05, 0.1) is 11.5 Å². The maximum Gasteiger partial charge on any atom is 0.238 e. The summed E-state index contributed by atoms with van der Waals surface area (Å²) in [6.45, 7) is 1.71. The Balaban J connectivity index is 1.84. The summed E-state index contributed by atoms with van der Waals surface area (Å²) in [6, 6.07) is 6.80. The van der Waals surface area contributed by atoms with Gasteiger partial charge in [-0.05, 0) is 35.7 Å². The van der Waals surface area contributed by atoms with Gasteiger partial charge in [-0.2, -0.15) is 4.98 Å². The molecule has 128 valence electrons. The van der Waals surface area contributed by atoms with E-state index in [4.69, 9.17) is 10.2 Å². The zero-order chi connectivity index (χ0) is 17.2. The zero-order valence-electron chi connectivity index (χ0n) is 13.0. The van der Waals surface area contributed by atoms with Crippen LogP contribution in [0.3, 0.4) is 0 Å². The SMILES string of the molecule is NS(=O)(=O)c1ccc2c(c1)CN(c1ccnc(NCCO)n1)CC2. The third-order valence-corrected chi connectivity index (χ3v) is 4.79. The van der Waals surface area contributed by atoms with E-state index >= 15 is 0 Å². The van der Waals surface area contributed by atoms with Gasteiger partial charge in [0.1, 0.15) is 5.82 Å². The Bertz CT molecular complexity index is 841. The smallest absolute Gasteiger partial charge is 0.238 e. The quantitative estimate of drug-likeness (QED) is 0.699. The number of primary sulfonamides is 1. The monoisotopic (exact) mass is 349 g/mol. The molecule has 24 heavy (non-hydrogen) atoms. The van der Waals surface area contributed by atoms with Crippen LogP contribution in [0.25, 0.3) is 0 Å². The van der Waals surface area contributed by atoms with E-state index in [1.807, 2.05) is 6.07 Å². The van der Waals surface area contributed by atoms with E-state index in [0.717, 1.165) is 29.9 Å². The van der Waals surface area contributed by atoms with Crippen molar-refractivity contribution in [3.8, 4) is 0 Å². The normalized spacial score (nSPS) is 14.3. The molecule has 1 aliphatic heterocycles. The molecule has 1 aromatic carbocycles. The predicted molar refractivity (Wildman–Crippen MR) is 90.2 cm³/mol. The molecule has 0 saturated heterocycles. The molecule has 0 bridgehead atoms. The maximum absolute atomic E-state index is 11.5. The third-order valence-electron chi connectivity index (χ3n) is 3.88. The third kappa shape index (κ3) is 3.64. The molecule has 0 unspecified atom stereocenters. The van der Waals surface area contributed by atoms with Gasteiger partial charge in [0, 0.05) is 25.8 Å². The molecular formula is C15H19N5O3S. The first-order valence-electron chi connectivity index (χ1n) is 7.55. The van der Waals surface area contributed by atoms with Gasteiger partial charge in [-0.15, -0.1) is 0 Å². The fourth-order valence-electron chi connectivity index (χ4n) is 2.68. The van der Waals surface area contributed by atoms with E-state index in [-0.39, 0.29) is 11.5 Å². The number of nitrogens with two attached hydrogens (primary N) is 1. The summed E-state index contributed by atoms with van der Waals surface area (Å²) in [5.41, 5.74) is 2.04. The molecule has 2 heterocycles. The number of benzene rings is 1. The molecule has 0 aliphatic carbocycles. The summed E-state index contributed by atoms with van der Waals surface area (Å²) in [6.07, 6.45) is 2.45. The van der Waals surface area contributed by atoms with Crippen molar-refractivity contribution in [1.82, 2.24) is 9.97 Å². The molecule has 0 saturated carbocycles. The van der Waals surface area contributed by atoms with Crippen LogP contribution in [0.5, 0.6) is 0 Å². The van der Waals surface area contributed by atoms with Crippen molar-refractivity contribution in [2.45, 2.75) is 17.9 Å². The molecule has 1 aromatic heterocycles. The lowest BCUT2D eigenvalue weighted by Crippen LogP contribution is -2.31. The Hall–Kier alpha value is -2.23. The summed E-state index contributed by atoms with van der Waals surface area (Å²) in [7, 11) is -3.71. The van der Waals surface area contributed by atoms with Crippen LogP contribution in [0, 0.1) is 0 Å². The van der Waals surface area contributed by atoms with Crippen LogP contribution >= 0.6 is 0 Å². The van der Waals surface area contributed by atoms with Crippen LogP contribution in [0.2, 0.25) is 0 Å². The Morgan fingerprint density at radius 1 is 1.29 bits per heavy atom. The summed E-state index contributed by atoms with van der Waals surface area (Å²) < 4.78 is 23.1. The van der Waals surface area contributed by atoms with Crippen LogP contribution in [-0.4, -0.2) is 43.2 Å². The lowest BCUT2D eigenvalue weighted by atomic mass is 10.00. The van der Waals surface area contributed by atoms with Crippen molar-refractivity contribution in [1.29, 1.82) is 0 Å². The largest absolute Gasteiger partial charge is 0.395 e. The first-order valence-corrected chi connectivity index (χ1v) is 9.09. The molecule has 8 nitrogen and oxygen atoms in total. The predicted octanol–water partition coefficient (Wildman–Crippen LogP) is 0.0909. The minimum Gasteiger partial charge on any atom is -0.395 e. The van der Waals surface area contributed by atoms with Crippen molar-refractivity contribution in [3.63, 3.8) is 0 Å². The summed E-state index contributed by atoms with van der Waals surface area (Å²) in [5, 5.41) is 17.0. The molecule has 0 spiro atoms. The van der Waals surface area contributed by atoms with Crippen LogP contribution in [0.15, 0.2) is 35.4 Å². The highest BCUT2D eigenvalue weighted by atomic mass is 32.2. The number of aliphatic hydroxyl groups is 1. The Kier molecular flexibility index (Phi) is 4.65. The Labute approximate surface area is 140 Å². The second-order valence-electron chi connectivity index (χ2n) is 5.54. The van der Waals surface area contributed by atoms with Gasteiger partial charge < -0.3 is 15.3 Å². The average Bonchev–Trinajstić information content (AvgIpc) is 2.58. The number of hydrogen-bond acceptors (Lipinski definition) is 7. The second-order valence-corrected chi connectivity index (χ2v) is 7.10. The first-order chi connectivity index (χ1) is 11.5. The number of hydrogen-bond donors (Lipinski definition) is 3. The Morgan fingerprint density at radius 3 is 2.88 bits per heavy atom. The van der Waals surface area contributed by atoms with Gasteiger partial charge in [0.15, 0.2) is 0 Å². The highest BCUT2D eigenvalue weighted by Gasteiger charge is 2.20. The number of aromatic nitrogens is 2. The van der Waals surface area contributed by atoms with E-state index in [1.165, 1.54) is 0 Å². The lowest BCUT2D eigenvalue weighted by Gasteiger charge is -2.30. The minimum absolute atomic E-state index is 0.00101. The number of nitrogens with zero attached hydrogens (tertiary/aromatic N) is 3.